The molecule has 5 nitrogen and oxygen atoms in total. The Bertz CT molecular complexity index is 1450. The number of pyridine rings is 2. The molecule has 1 saturated heterocycles. The average molecular weight is 517 g/mol. The molecule has 0 amide bonds. The van der Waals surface area contributed by atoms with Crippen LogP contribution >= 0.6 is 23.2 Å². The first-order chi connectivity index (χ1) is 17.5. The van der Waals surface area contributed by atoms with E-state index >= 15 is 0 Å². The summed E-state index contributed by atoms with van der Waals surface area (Å²) in [6.07, 6.45) is 7.86. The van der Waals surface area contributed by atoms with E-state index in [0.29, 0.717) is 27.5 Å². The summed E-state index contributed by atoms with van der Waals surface area (Å²) in [4.78, 5) is 24.9. The second-order valence-corrected chi connectivity index (χ2v) is 10.7. The van der Waals surface area contributed by atoms with Crippen LogP contribution in [0.5, 0.6) is 0 Å². The molecule has 0 spiro atoms. The minimum absolute atomic E-state index is 0.0768. The van der Waals surface area contributed by atoms with Gasteiger partial charge in [0.15, 0.2) is 5.78 Å². The van der Waals surface area contributed by atoms with E-state index in [1.165, 1.54) is 12.0 Å². The molecular formula is C29H26Cl2N4O. The number of nitrogens with one attached hydrogen (secondary N) is 1. The van der Waals surface area contributed by atoms with Gasteiger partial charge in [0.2, 0.25) is 0 Å². The molecule has 0 radical (unpaired) electrons. The van der Waals surface area contributed by atoms with Gasteiger partial charge in [0.05, 0.1) is 16.8 Å². The molecule has 1 atom stereocenters. The van der Waals surface area contributed by atoms with Crippen molar-refractivity contribution in [2.24, 2.45) is 5.92 Å². The van der Waals surface area contributed by atoms with Crippen LogP contribution in [0.4, 0.5) is 11.5 Å². The lowest BCUT2D eigenvalue weighted by Crippen LogP contribution is -2.17. The summed E-state index contributed by atoms with van der Waals surface area (Å²) >= 11 is 12.5. The van der Waals surface area contributed by atoms with Crippen LogP contribution in [0.15, 0.2) is 60.9 Å². The second kappa shape index (κ2) is 9.47. The van der Waals surface area contributed by atoms with Gasteiger partial charge in [0.25, 0.3) is 0 Å². The smallest absolute Gasteiger partial charge is 0.169 e. The van der Waals surface area contributed by atoms with Crippen molar-refractivity contribution in [2.45, 2.75) is 31.7 Å². The first-order valence-electron chi connectivity index (χ1n) is 12.3. The Morgan fingerprint density at radius 1 is 0.944 bits per heavy atom. The van der Waals surface area contributed by atoms with E-state index in [0.717, 1.165) is 53.5 Å². The van der Waals surface area contributed by atoms with Gasteiger partial charge < -0.3 is 5.32 Å². The summed E-state index contributed by atoms with van der Waals surface area (Å²) in [5, 5.41) is 5.48. The molecule has 2 aromatic carbocycles. The first-order valence-corrected chi connectivity index (χ1v) is 13.1. The van der Waals surface area contributed by atoms with Crippen LogP contribution in [0, 0.1) is 5.92 Å². The topological polar surface area (TPSA) is 58.1 Å². The zero-order valence-corrected chi connectivity index (χ0v) is 21.5. The van der Waals surface area contributed by atoms with E-state index in [-0.39, 0.29) is 11.7 Å². The quantitative estimate of drug-likeness (QED) is 0.266. The Morgan fingerprint density at radius 2 is 1.75 bits per heavy atom. The van der Waals surface area contributed by atoms with Gasteiger partial charge in [-0.1, -0.05) is 35.3 Å². The number of hydrogen-bond acceptors (Lipinski definition) is 5. The minimum Gasteiger partial charge on any atom is -0.339 e. The van der Waals surface area contributed by atoms with Crippen LogP contribution in [-0.4, -0.2) is 34.2 Å². The number of hydrogen-bond donors (Lipinski definition) is 1. The van der Waals surface area contributed by atoms with Crippen molar-refractivity contribution in [3.05, 3.63) is 82.1 Å². The summed E-state index contributed by atoms with van der Waals surface area (Å²) in [5.74, 6) is 0.910. The van der Waals surface area contributed by atoms with Crippen molar-refractivity contribution >= 4 is 51.4 Å². The molecule has 0 bridgehead atoms. The Morgan fingerprint density at radius 3 is 2.42 bits per heavy atom. The van der Waals surface area contributed by atoms with E-state index in [9.17, 15) is 4.79 Å². The van der Waals surface area contributed by atoms with E-state index in [1.54, 1.807) is 12.3 Å². The number of ketones is 1. The molecule has 1 aliphatic heterocycles. The second-order valence-electron chi connectivity index (χ2n) is 9.82. The van der Waals surface area contributed by atoms with Crippen molar-refractivity contribution in [2.75, 3.05) is 18.9 Å². The SMILES string of the molecule is CN1CCCC1c1ccc(Nc2c(C(=O)C3CC3)cnc3ccc(-c4cc(Cl)cc(Cl)c4)cc23)nc1. The highest BCUT2D eigenvalue weighted by Gasteiger charge is 2.32. The summed E-state index contributed by atoms with van der Waals surface area (Å²) < 4.78 is 0. The molecule has 36 heavy (non-hydrogen) atoms. The molecule has 1 aliphatic carbocycles. The lowest BCUT2D eigenvalue weighted by atomic mass is 9.99. The van der Waals surface area contributed by atoms with Crippen LogP contribution in [0.2, 0.25) is 10.0 Å². The molecule has 2 aliphatic rings. The van der Waals surface area contributed by atoms with Crippen LogP contribution in [0.25, 0.3) is 22.0 Å². The predicted octanol–water partition coefficient (Wildman–Crippen LogP) is 7.71. The molecule has 2 fully saturated rings. The van der Waals surface area contributed by atoms with Crippen molar-refractivity contribution < 1.29 is 4.79 Å². The Balaban J connectivity index is 1.43. The van der Waals surface area contributed by atoms with Crippen molar-refractivity contribution in [1.29, 1.82) is 0 Å². The summed E-state index contributed by atoms with van der Waals surface area (Å²) in [6.45, 7) is 1.11. The number of fused-ring (bicyclic) bond motifs is 1. The third kappa shape index (κ3) is 4.59. The maximum atomic E-state index is 13.2. The normalized spacial score (nSPS) is 18.0. The molecule has 182 valence electrons. The molecular weight excluding hydrogens is 491 g/mol. The zero-order chi connectivity index (χ0) is 24.8. The number of nitrogens with zero attached hydrogens (tertiary/aromatic N) is 3. The number of likely N-dealkylation sites (tertiary alicyclic amines) is 1. The molecule has 4 aromatic rings. The van der Waals surface area contributed by atoms with Gasteiger partial charge in [-0.15, -0.1) is 0 Å². The molecule has 1 unspecified atom stereocenters. The lowest BCUT2D eigenvalue weighted by Gasteiger charge is -2.20. The highest BCUT2D eigenvalue weighted by atomic mass is 35.5. The molecule has 3 heterocycles. The minimum atomic E-state index is 0.0768. The molecule has 1 saturated carbocycles. The van der Waals surface area contributed by atoms with E-state index in [4.69, 9.17) is 28.2 Å². The van der Waals surface area contributed by atoms with Crippen molar-refractivity contribution in [3.8, 4) is 11.1 Å². The van der Waals surface area contributed by atoms with Crippen LogP contribution in [0.3, 0.4) is 0 Å². The Labute approximate surface area is 220 Å². The zero-order valence-electron chi connectivity index (χ0n) is 20.0. The number of carbonyl (C=O) groups excluding carboxylic acids is 1. The summed E-state index contributed by atoms with van der Waals surface area (Å²) in [7, 11) is 2.16. The fourth-order valence-corrected chi connectivity index (χ4v) is 5.64. The van der Waals surface area contributed by atoms with Gasteiger partial charge >= 0.3 is 0 Å². The standard InChI is InChI=1S/C29H26Cl2N4O/c1-35-10-2-3-26(35)19-7-9-27(33-15-19)34-28-23-13-18(20-11-21(30)14-22(31)12-20)6-8-25(23)32-16-24(28)29(36)17-4-5-17/h6-9,11-17,26H,2-5,10H2,1H3,(H,32,33,34). The highest BCUT2D eigenvalue weighted by Crippen LogP contribution is 2.39. The van der Waals surface area contributed by atoms with Gasteiger partial charge in [0.1, 0.15) is 5.82 Å². The highest BCUT2D eigenvalue weighted by molar-refractivity contribution is 6.35. The number of anilines is 2. The largest absolute Gasteiger partial charge is 0.339 e. The third-order valence-electron chi connectivity index (χ3n) is 7.22. The number of benzene rings is 2. The number of Topliss-reactive ketones (excluding diaryl/α,β-unsaturated/α-hetero) is 1. The molecule has 7 heteroatoms. The lowest BCUT2D eigenvalue weighted by molar-refractivity contribution is 0.0968. The number of carbonyl (C=O) groups is 1. The number of halogens is 2. The van der Waals surface area contributed by atoms with Crippen molar-refractivity contribution in [3.63, 3.8) is 0 Å². The summed E-state index contributed by atoms with van der Waals surface area (Å²) in [6, 6.07) is 16.0. The van der Waals surface area contributed by atoms with Gasteiger partial charge in [-0.3, -0.25) is 14.7 Å². The fraction of sp³-hybridized carbons (Fsp3) is 0.276. The number of aromatic nitrogens is 2. The molecule has 2 aromatic heterocycles. The molecule has 1 N–H and O–H groups in total. The van der Waals surface area contributed by atoms with E-state index in [2.05, 4.69) is 28.3 Å². The van der Waals surface area contributed by atoms with Gasteiger partial charge in [-0.25, -0.2) is 4.98 Å². The Hall–Kier alpha value is -2.99. The van der Waals surface area contributed by atoms with Crippen LogP contribution < -0.4 is 5.32 Å². The summed E-state index contributed by atoms with van der Waals surface area (Å²) in [5.41, 5.74) is 5.21. The van der Waals surface area contributed by atoms with Gasteiger partial charge in [-0.05, 0) is 92.4 Å². The van der Waals surface area contributed by atoms with Gasteiger partial charge in [0, 0.05) is 39.8 Å². The maximum absolute atomic E-state index is 13.2. The molecule has 6 rings (SSSR count). The monoisotopic (exact) mass is 516 g/mol. The van der Waals surface area contributed by atoms with E-state index in [1.807, 2.05) is 42.6 Å². The third-order valence-corrected chi connectivity index (χ3v) is 7.66. The maximum Gasteiger partial charge on any atom is 0.169 e. The Kier molecular flexibility index (Phi) is 6.16. The number of rotatable bonds is 6. The van der Waals surface area contributed by atoms with Crippen LogP contribution in [-0.2, 0) is 0 Å². The van der Waals surface area contributed by atoms with E-state index < -0.39 is 0 Å². The fourth-order valence-electron chi connectivity index (χ4n) is 5.12. The first kappa shape index (κ1) is 23.4. The predicted molar refractivity (Wildman–Crippen MR) is 146 cm³/mol. The van der Waals surface area contributed by atoms with Gasteiger partial charge in [-0.2, -0.15) is 0 Å². The van der Waals surface area contributed by atoms with Crippen LogP contribution in [0.1, 0.15) is 47.6 Å². The van der Waals surface area contributed by atoms with Crippen molar-refractivity contribution in [1.82, 2.24) is 14.9 Å². The average Bonchev–Trinajstić information content (AvgIpc) is 3.64.